The van der Waals surface area contributed by atoms with Gasteiger partial charge in [-0.1, -0.05) is 18.2 Å². The quantitative estimate of drug-likeness (QED) is 0.758. The molecule has 0 fully saturated rings. The van der Waals surface area contributed by atoms with Crippen LogP contribution in [-0.4, -0.2) is 12.0 Å². The van der Waals surface area contributed by atoms with Crippen molar-refractivity contribution in [3.63, 3.8) is 0 Å². The van der Waals surface area contributed by atoms with Gasteiger partial charge in [-0.2, -0.15) is 0 Å². The lowest BCUT2D eigenvalue weighted by atomic mass is 10.2. The summed E-state index contributed by atoms with van der Waals surface area (Å²) in [5.74, 6) is 0.416. The summed E-state index contributed by atoms with van der Waals surface area (Å²) in [6, 6.07) is 9.36. The highest BCUT2D eigenvalue weighted by Gasteiger charge is 2.06. The van der Waals surface area contributed by atoms with Gasteiger partial charge in [0.15, 0.2) is 0 Å². The Labute approximate surface area is 77.5 Å². The van der Waals surface area contributed by atoms with Crippen LogP contribution in [0.4, 0.5) is 0 Å². The van der Waals surface area contributed by atoms with Crippen LogP contribution in [0.2, 0.25) is 0 Å². The van der Waals surface area contributed by atoms with E-state index in [4.69, 9.17) is 10.5 Å². The van der Waals surface area contributed by atoms with Crippen LogP contribution >= 0.6 is 0 Å². The molecule has 0 aliphatic rings. The average Bonchev–Trinajstić information content (AvgIpc) is 2.04. The fourth-order valence-electron chi connectivity index (χ4n) is 1.06. The number of rotatable bonds is 4. The normalized spacial score (nSPS) is 12.1. The summed E-state index contributed by atoms with van der Waals surface area (Å²) in [7, 11) is 0. The molecular weight excluding hydrogens is 166 g/mol. The second-order valence-electron chi connectivity index (χ2n) is 2.91. The summed E-state index contributed by atoms with van der Waals surface area (Å²) < 4.78 is 5.42. The SMILES string of the molecule is CC(CC(N)=O)Oc1ccccc1. The largest absolute Gasteiger partial charge is 0.490 e. The molecule has 0 aliphatic heterocycles. The van der Waals surface area contributed by atoms with Gasteiger partial charge in [-0.05, 0) is 19.1 Å². The highest BCUT2D eigenvalue weighted by atomic mass is 16.5. The van der Waals surface area contributed by atoms with Gasteiger partial charge in [0.05, 0.1) is 6.42 Å². The van der Waals surface area contributed by atoms with Gasteiger partial charge in [-0.3, -0.25) is 4.79 Å². The molecule has 1 rings (SSSR count). The van der Waals surface area contributed by atoms with Crippen molar-refractivity contribution in [1.82, 2.24) is 0 Å². The summed E-state index contributed by atoms with van der Waals surface area (Å²) in [5, 5.41) is 0. The fraction of sp³-hybridized carbons (Fsp3) is 0.300. The minimum atomic E-state index is -0.344. The third kappa shape index (κ3) is 3.60. The number of para-hydroxylation sites is 1. The molecule has 1 atom stereocenters. The zero-order chi connectivity index (χ0) is 9.68. The van der Waals surface area contributed by atoms with Crippen molar-refractivity contribution in [1.29, 1.82) is 0 Å². The van der Waals surface area contributed by atoms with Crippen LogP contribution in [0.15, 0.2) is 30.3 Å². The number of primary amides is 1. The van der Waals surface area contributed by atoms with E-state index >= 15 is 0 Å². The Balaban J connectivity index is 2.45. The summed E-state index contributed by atoms with van der Waals surface area (Å²) in [6.07, 6.45) is 0.0782. The smallest absolute Gasteiger partial charge is 0.221 e. The number of benzene rings is 1. The van der Waals surface area contributed by atoms with Crippen LogP contribution in [0.25, 0.3) is 0 Å². The van der Waals surface area contributed by atoms with Gasteiger partial charge in [0.1, 0.15) is 11.9 Å². The maximum Gasteiger partial charge on any atom is 0.221 e. The predicted octanol–water partition coefficient (Wildman–Crippen LogP) is 1.33. The van der Waals surface area contributed by atoms with Crippen LogP contribution in [0.1, 0.15) is 13.3 Å². The molecule has 1 aromatic carbocycles. The molecule has 0 saturated heterocycles. The maximum absolute atomic E-state index is 10.5. The molecule has 2 N–H and O–H groups in total. The van der Waals surface area contributed by atoms with E-state index in [-0.39, 0.29) is 18.4 Å². The van der Waals surface area contributed by atoms with E-state index in [1.54, 1.807) is 0 Å². The monoisotopic (exact) mass is 179 g/mol. The van der Waals surface area contributed by atoms with Crippen LogP contribution in [0.3, 0.4) is 0 Å². The number of amides is 1. The number of nitrogens with two attached hydrogens (primary N) is 1. The molecule has 3 nitrogen and oxygen atoms in total. The van der Waals surface area contributed by atoms with Gasteiger partial charge in [-0.25, -0.2) is 0 Å². The topological polar surface area (TPSA) is 52.3 Å². The van der Waals surface area contributed by atoms with E-state index in [1.165, 1.54) is 0 Å². The highest BCUT2D eigenvalue weighted by molar-refractivity contribution is 5.74. The molecule has 70 valence electrons. The first kappa shape index (κ1) is 9.58. The summed E-state index contributed by atoms with van der Waals surface area (Å²) in [5.41, 5.74) is 5.03. The third-order valence-corrected chi connectivity index (χ3v) is 1.57. The molecule has 1 unspecified atom stereocenters. The van der Waals surface area contributed by atoms with E-state index in [1.807, 2.05) is 37.3 Å². The van der Waals surface area contributed by atoms with Crippen molar-refractivity contribution in [2.75, 3.05) is 0 Å². The first-order valence-corrected chi connectivity index (χ1v) is 4.18. The van der Waals surface area contributed by atoms with Crippen LogP contribution in [0.5, 0.6) is 5.75 Å². The predicted molar refractivity (Wildman–Crippen MR) is 50.3 cm³/mol. The molecule has 13 heavy (non-hydrogen) atoms. The molecule has 0 radical (unpaired) electrons. The Morgan fingerprint density at radius 3 is 2.62 bits per heavy atom. The second kappa shape index (κ2) is 4.50. The lowest BCUT2D eigenvalue weighted by molar-refractivity contribution is -0.119. The second-order valence-corrected chi connectivity index (χ2v) is 2.91. The molecule has 0 heterocycles. The summed E-state index contributed by atoms with van der Waals surface area (Å²) >= 11 is 0. The molecule has 0 aliphatic carbocycles. The zero-order valence-electron chi connectivity index (χ0n) is 7.57. The molecule has 0 bridgehead atoms. The maximum atomic E-state index is 10.5. The standard InChI is InChI=1S/C10H13NO2/c1-8(7-10(11)12)13-9-5-3-2-4-6-9/h2-6,8H,7H2,1H3,(H2,11,12). The van der Waals surface area contributed by atoms with Gasteiger partial charge >= 0.3 is 0 Å². The highest BCUT2D eigenvalue weighted by Crippen LogP contribution is 2.11. The number of hydrogen-bond acceptors (Lipinski definition) is 2. The fourth-order valence-corrected chi connectivity index (χ4v) is 1.06. The molecule has 0 saturated carbocycles. The molecule has 1 aromatic rings. The molecule has 3 heteroatoms. The Morgan fingerprint density at radius 1 is 1.46 bits per heavy atom. The van der Waals surface area contributed by atoms with E-state index < -0.39 is 0 Å². The Bertz CT molecular complexity index is 272. The van der Waals surface area contributed by atoms with Gasteiger partial charge < -0.3 is 10.5 Å². The minimum absolute atomic E-state index is 0.167. The van der Waals surface area contributed by atoms with Crippen molar-refractivity contribution in [3.8, 4) is 5.75 Å². The van der Waals surface area contributed by atoms with Gasteiger partial charge in [-0.15, -0.1) is 0 Å². The first-order valence-electron chi connectivity index (χ1n) is 4.18. The lowest BCUT2D eigenvalue weighted by Gasteiger charge is -2.12. The van der Waals surface area contributed by atoms with Crippen LogP contribution < -0.4 is 10.5 Å². The van der Waals surface area contributed by atoms with E-state index in [0.29, 0.717) is 0 Å². The average molecular weight is 179 g/mol. The van der Waals surface area contributed by atoms with E-state index in [0.717, 1.165) is 5.75 Å². The van der Waals surface area contributed by atoms with Crippen LogP contribution in [0, 0.1) is 0 Å². The van der Waals surface area contributed by atoms with Crippen molar-refractivity contribution < 1.29 is 9.53 Å². The minimum Gasteiger partial charge on any atom is -0.490 e. The Hall–Kier alpha value is -1.51. The Kier molecular flexibility index (Phi) is 3.31. The number of carbonyl (C=O) groups excluding carboxylic acids is 1. The van der Waals surface area contributed by atoms with Gasteiger partial charge in [0, 0.05) is 0 Å². The van der Waals surface area contributed by atoms with Crippen molar-refractivity contribution in [2.45, 2.75) is 19.4 Å². The lowest BCUT2D eigenvalue weighted by Crippen LogP contribution is -2.22. The van der Waals surface area contributed by atoms with E-state index in [9.17, 15) is 4.79 Å². The number of carbonyl (C=O) groups is 1. The van der Waals surface area contributed by atoms with Gasteiger partial charge in [0.2, 0.25) is 5.91 Å². The molecule has 0 spiro atoms. The van der Waals surface area contributed by atoms with Crippen molar-refractivity contribution >= 4 is 5.91 Å². The summed E-state index contributed by atoms with van der Waals surface area (Å²) in [6.45, 7) is 1.82. The molecule has 0 aromatic heterocycles. The molecular formula is C10H13NO2. The molecule has 1 amide bonds. The Morgan fingerprint density at radius 2 is 2.08 bits per heavy atom. The zero-order valence-corrected chi connectivity index (χ0v) is 7.57. The number of ether oxygens (including phenoxy) is 1. The van der Waals surface area contributed by atoms with Crippen LogP contribution in [-0.2, 0) is 4.79 Å². The van der Waals surface area contributed by atoms with Crippen molar-refractivity contribution in [2.24, 2.45) is 5.73 Å². The number of hydrogen-bond donors (Lipinski definition) is 1. The van der Waals surface area contributed by atoms with Crippen molar-refractivity contribution in [3.05, 3.63) is 30.3 Å². The van der Waals surface area contributed by atoms with Gasteiger partial charge in [0.25, 0.3) is 0 Å². The first-order chi connectivity index (χ1) is 6.18. The summed E-state index contributed by atoms with van der Waals surface area (Å²) in [4.78, 5) is 10.5. The van der Waals surface area contributed by atoms with E-state index in [2.05, 4.69) is 0 Å². The third-order valence-electron chi connectivity index (χ3n) is 1.57.